The first-order valence-corrected chi connectivity index (χ1v) is 10.4. The van der Waals surface area contributed by atoms with E-state index in [1.165, 1.54) is 31.7 Å². The molecule has 4 aromatic rings. The zero-order chi connectivity index (χ0) is 25.9. The van der Waals surface area contributed by atoms with Crippen molar-refractivity contribution in [3.63, 3.8) is 0 Å². The average molecular weight is 503 g/mol. The highest BCUT2D eigenvalue weighted by molar-refractivity contribution is 5.92. The minimum Gasteiger partial charge on any atom is -0.324 e. The second-order valence-electron chi connectivity index (χ2n) is 7.68. The van der Waals surface area contributed by atoms with Gasteiger partial charge in [-0.25, -0.2) is 14.6 Å². The number of nitrogens with zero attached hydrogens (tertiary/aromatic N) is 5. The van der Waals surface area contributed by atoms with E-state index in [0.717, 1.165) is 17.8 Å². The van der Waals surface area contributed by atoms with Crippen LogP contribution >= 0.6 is 0 Å². The van der Waals surface area contributed by atoms with Crippen molar-refractivity contribution >= 4 is 23.2 Å². The number of carbonyl (C=O) groups excluding carboxylic acids is 1. The molecule has 0 saturated heterocycles. The molecule has 8 nitrogen and oxygen atoms in total. The molecule has 0 aliphatic heterocycles. The molecule has 0 radical (unpaired) electrons. The third kappa shape index (κ3) is 5.98. The molecule has 0 bridgehead atoms. The highest BCUT2D eigenvalue weighted by Gasteiger charge is 2.33. The Morgan fingerprint density at radius 3 is 2.28 bits per heavy atom. The summed E-state index contributed by atoms with van der Waals surface area (Å²) >= 11 is 0. The number of amides is 1. The Balaban J connectivity index is 1.36. The van der Waals surface area contributed by atoms with Gasteiger partial charge < -0.3 is 10.6 Å². The van der Waals surface area contributed by atoms with Gasteiger partial charge in [-0.05, 0) is 24.1 Å². The number of nitrogens with one attached hydrogen (secondary N) is 2. The summed E-state index contributed by atoms with van der Waals surface area (Å²) in [7, 11) is 0. The minimum atomic E-state index is -4.57. The molecule has 0 unspecified atom stereocenters. The number of hydrogen-bond donors (Lipinski definition) is 2. The van der Waals surface area contributed by atoms with Crippen LogP contribution in [0.25, 0.3) is 11.1 Å². The lowest BCUT2D eigenvalue weighted by Crippen LogP contribution is -2.16. The van der Waals surface area contributed by atoms with Gasteiger partial charge in [0, 0.05) is 23.7 Å². The average Bonchev–Trinajstić information content (AvgIpc) is 3.29. The van der Waals surface area contributed by atoms with Crippen molar-refractivity contribution in [1.82, 2.24) is 24.7 Å². The van der Waals surface area contributed by atoms with Crippen LogP contribution in [0.3, 0.4) is 0 Å². The first kappa shape index (κ1) is 24.7. The van der Waals surface area contributed by atoms with E-state index in [0.29, 0.717) is 21.5 Å². The lowest BCUT2D eigenvalue weighted by molar-refractivity contribution is -0.138. The second-order valence-corrected chi connectivity index (χ2v) is 7.68. The fourth-order valence-corrected chi connectivity index (χ4v) is 3.27. The van der Waals surface area contributed by atoms with E-state index in [1.807, 2.05) is 0 Å². The smallest absolute Gasteiger partial charge is 0.324 e. The zero-order valence-corrected chi connectivity index (χ0v) is 18.6. The number of anilines is 3. The number of carbonyl (C=O) groups is 1. The maximum Gasteiger partial charge on any atom is 0.418 e. The number of benzene rings is 1. The number of halogens is 5. The third-order valence-corrected chi connectivity index (χ3v) is 5.04. The molecule has 36 heavy (non-hydrogen) atoms. The Bertz CT molecular complexity index is 1350. The van der Waals surface area contributed by atoms with E-state index in [9.17, 15) is 26.7 Å². The molecule has 0 fully saturated rings. The molecule has 186 valence electrons. The molecule has 0 spiro atoms. The lowest BCUT2D eigenvalue weighted by atomic mass is 10.0. The maximum atomic E-state index is 13.0. The topological polar surface area (TPSA) is 97.6 Å². The summed E-state index contributed by atoms with van der Waals surface area (Å²) < 4.78 is 64.8. The predicted molar refractivity (Wildman–Crippen MR) is 121 cm³/mol. The highest BCUT2D eigenvalue weighted by Crippen LogP contribution is 2.32. The number of alkyl halides is 5. The van der Waals surface area contributed by atoms with Gasteiger partial charge in [0.2, 0.25) is 11.9 Å². The van der Waals surface area contributed by atoms with Crippen molar-refractivity contribution in [2.75, 3.05) is 10.6 Å². The Morgan fingerprint density at radius 1 is 0.972 bits per heavy atom. The Hall–Kier alpha value is -4.42. The number of aryl methyl sites for hydroxylation is 1. The van der Waals surface area contributed by atoms with Gasteiger partial charge in [-0.1, -0.05) is 24.3 Å². The van der Waals surface area contributed by atoms with Gasteiger partial charge in [0.15, 0.2) is 0 Å². The van der Waals surface area contributed by atoms with Gasteiger partial charge in [-0.15, -0.1) is 0 Å². The van der Waals surface area contributed by atoms with Crippen molar-refractivity contribution in [2.24, 2.45) is 0 Å². The van der Waals surface area contributed by atoms with E-state index in [-0.39, 0.29) is 23.8 Å². The summed E-state index contributed by atoms with van der Waals surface area (Å²) in [6, 6.07) is 7.75. The van der Waals surface area contributed by atoms with Gasteiger partial charge >= 0.3 is 12.7 Å². The number of aromatic nitrogens is 5. The van der Waals surface area contributed by atoms with E-state index < -0.39 is 24.2 Å². The Kier molecular flexibility index (Phi) is 6.90. The predicted octanol–water partition coefficient (Wildman–Crippen LogP) is 5.38. The van der Waals surface area contributed by atoms with E-state index >= 15 is 0 Å². The molecule has 0 atom stereocenters. The summed E-state index contributed by atoms with van der Waals surface area (Å²) in [5.41, 5.74) is 1.26. The molecular formula is C23H18F5N7O. The van der Waals surface area contributed by atoms with Crippen molar-refractivity contribution in [2.45, 2.75) is 26.1 Å². The van der Waals surface area contributed by atoms with Crippen LogP contribution in [-0.4, -0.2) is 30.6 Å². The molecular weight excluding hydrogens is 485 g/mol. The van der Waals surface area contributed by atoms with E-state index in [4.69, 9.17) is 0 Å². The van der Waals surface area contributed by atoms with E-state index in [1.54, 1.807) is 24.3 Å². The number of hydrogen-bond acceptors (Lipinski definition) is 6. The molecule has 1 amide bonds. The van der Waals surface area contributed by atoms with Gasteiger partial charge in [-0.2, -0.15) is 27.1 Å². The second kappa shape index (κ2) is 10.1. The molecule has 1 aromatic carbocycles. The van der Waals surface area contributed by atoms with Crippen molar-refractivity contribution < 1.29 is 26.7 Å². The van der Waals surface area contributed by atoms with Crippen LogP contribution in [0.5, 0.6) is 0 Å². The summed E-state index contributed by atoms with van der Waals surface area (Å²) in [5, 5.41) is 8.73. The van der Waals surface area contributed by atoms with Gasteiger partial charge in [0.25, 0.3) is 0 Å². The van der Waals surface area contributed by atoms with Gasteiger partial charge in [0.1, 0.15) is 0 Å². The monoisotopic (exact) mass is 503 g/mol. The SMILES string of the molecule is Cc1ncc(NC(=O)Cc2ccc(-c3cnc(Nc4cnn(C(F)F)c4)nc3)cc2)cc1C(F)(F)F. The molecule has 2 N–H and O–H groups in total. The first-order valence-electron chi connectivity index (χ1n) is 10.4. The van der Waals surface area contributed by atoms with Crippen LogP contribution in [0.1, 0.15) is 23.4 Å². The van der Waals surface area contributed by atoms with Crippen LogP contribution < -0.4 is 10.6 Å². The Morgan fingerprint density at radius 2 is 1.67 bits per heavy atom. The fourth-order valence-electron chi connectivity index (χ4n) is 3.27. The van der Waals surface area contributed by atoms with Crippen LogP contribution in [0, 0.1) is 6.92 Å². The number of rotatable bonds is 7. The molecule has 3 aromatic heterocycles. The summed E-state index contributed by atoms with van der Waals surface area (Å²) in [5.74, 6) is -0.296. The van der Waals surface area contributed by atoms with Crippen molar-refractivity contribution in [1.29, 1.82) is 0 Å². The quantitative estimate of drug-likeness (QED) is 0.329. The van der Waals surface area contributed by atoms with Crippen LogP contribution in [0.2, 0.25) is 0 Å². The molecule has 0 aliphatic carbocycles. The van der Waals surface area contributed by atoms with E-state index in [2.05, 4.69) is 30.7 Å². The molecule has 4 rings (SSSR count). The fraction of sp³-hybridized carbons (Fsp3) is 0.174. The van der Waals surface area contributed by atoms with Gasteiger partial charge in [-0.3, -0.25) is 9.78 Å². The van der Waals surface area contributed by atoms with Crippen LogP contribution in [0.4, 0.5) is 39.3 Å². The molecule has 3 heterocycles. The molecule has 0 aliphatic rings. The lowest BCUT2D eigenvalue weighted by Gasteiger charge is -2.12. The van der Waals surface area contributed by atoms with Gasteiger partial charge in [0.05, 0.1) is 41.9 Å². The Labute approximate surface area is 201 Å². The summed E-state index contributed by atoms with van der Waals surface area (Å²) in [6.07, 6.45) is 1.98. The van der Waals surface area contributed by atoms with Crippen LogP contribution in [-0.2, 0) is 17.4 Å². The van der Waals surface area contributed by atoms with Crippen molar-refractivity contribution in [3.8, 4) is 11.1 Å². The molecule has 0 saturated carbocycles. The summed E-state index contributed by atoms with van der Waals surface area (Å²) in [6.45, 7) is -1.50. The standard InChI is InChI=1S/C23H18F5N7O/c1-13-19(23(26,27)28)7-17(10-29-13)33-20(36)6-14-2-4-15(5-3-14)16-8-30-22(31-9-16)34-18-11-32-35(12-18)21(24)25/h2-5,7-12,21H,6H2,1H3,(H,33,36)(H,30,31,34). The zero-order valence-electron chi connectivity index (χ0n) is 18.6. The summed E-state index contributed by atoms with van der Waals surface area (Å²) in [4.78, 5) is 24.3. The normalized spacial score (nSPS) is 11.5. The third-order valence-electron chi connectivity index (χ3n) is 5.04. The number of pyridine rings is 1. The minimum absolute atomic E-state index is 0.0399. The highest BCUT2D eigenvalue weighted by atomic mass is 19.4. The largest absolute Gasteiger partial charge is 0.418 e. The first-order chi connectivity index (χ1) is 17.1. The van der Waals surface area contributed by atoms with Crippen LogP contribution in [0.15, 0.2) is 61.3 Å². The maximum absolute atomic E-state index is 13.0. The van der Waals surface area contributed by atoms with Crippen molar-refractivity contribution in [3.05, 3.63) is 78.1 Å². The molecule has 13 heteroatoms.